The molecule has 112 valence electrons. The van der Waals surface area contributed by atoms with E-state index in [4.69, 9.17) is 0 Å². The van der Waals surface area contributed by atoms with Gasteiger partial charge >= 0.3 is 0 Å². The summed E-state index contributed by atoms with van der Waals surface area (Å²) in [6.45, 7) is 5.65. The third-order valence-corrected chi connectivity index (χ3v) is 6.26. The number of hydrogen-bond donors (Lipinski definition) is 2. The van der Waals surface area contributed by atoms with Gasteiger partial charge in [-0.15, -0.1) is 0 Å². The van der Waals surface area contributed by atoms with Crippen LogP contribution in [0.15, 0.2) is 24.3 Å². The number of nitrogens with one attached hydrogen (secondary N) is 2. The van der Waals surface area contributed by atoms with Crippen LogP contribution in [-0.4, -0.2) is 18.0 Å². The molecule has 0 bridgehead atoms. The first-order valence-electron chi connectivity index (χ1n) is 8.15. The Labute approximate surface area is 126 Å². The zero-order valence-electron chi connectivity index (χ0n) is 13.0. The highest BCUT2D eigenvalue weighted by Crippen LogP contribution is 2.57. The second kappa shape index (κ2) is 4.10. The molecule has 1 atom stereocenters. The third kappa shape index (κ3) is 1.61. The van der Waals surface area contributed by atoms with E-state index >= 15 is 0 Å². The van der Waals surface area contributed by atoms with Gasteiger partial charge in [-0.3, -0.25) is 4.79 Å². The van der Waals surface area contributed by atoms with E-state index in [0.717, 1.165) is 31.5 Å². The van der Waals surface area contributed by atoms with E-state index in [2.05, 4.69) is 36.6 Å². The summed E-state index contributed by atoms with van der Waals surface area (Å²) in [5.74, 6) is 0.216. The molecule has 1 aliphatic carbocycles. The molecule has 21 heavy (non-hydrogen) atoms. The van der Waals surface area contributed by atoms with E-state index in [1.54, 1.807) is 0 Å². The highest BCUT2D eigenvalue weighted by molar-refractivity contribution is 6.07. The Morgan fingerprint density at radius 1 is 1.00 bits per heavy atom. The predicted octanol–water partition coefficient (Wildman–Crippen LogP) is 3.21. The molecule has 1 unspecified atom stereocenters. The molecule has 1 saturated carbocycles. The maximum absolute atomic E-state index is 12.9. The lowest BCUT2D eigenvalue weighted by atomic mass is 9.57. The highest BCUT2D eigenvalue weighted by Gasteiger charge is 2.64. The van der Waals surface area contributed by atoms with Gasteiger partial charge in [-0.1, -0.05) is 32.0 Å². The van der Waals surface area contributed by atoms with Crippen LogP contribution in [0.25, 0.3) is 0 Å². The van der Waals surface area contributed by atoms with Crippen molar-refractivity contribution in [2.45, 2.75) is 56.9 Å². The lowest BCUT2D eigenvalue weighted by Gasteiger charge is -2.49. The predicted molar refractivity (Wildman–Crippen MR) is 84.3 cm³/mol. The topological polar surface area (TPSA) is 41.1 Å². The molecule has 1 saturated heterocycles. The summed E-state index contributed by atoms with van der Waals surface area (Å²) < 4.78 is 0. The summed E-state index contributed by atoms with van der Waals surface area (Å²) in [7, 11) is 0. The number of carbonyl (C=O) groups excluding carboxylic acids is 1. The average Bonchev–Trinajstić information content (AvgIpc) is 2.96. The van der Waals surface area contributed by atoms with Crippen molar-refractivity contribution in [2.24, 2.45) is 5.41 Å². The third-order valence-electron chi connectivity index (χ3n) is 6.26. The van der Waals surface area contributed by atoms with Gasteiger partial charge in [0.05, 0.1) is 5.41 Å². The molecule has 2 N–H and O–H groups in total. The van der Waals surface area contributed by atoms with Crippen molar-refractivity contribution in [3.8, 4) is 0 Å². The highest BCUT2D eigenvalue weighted by atomic mass is 16.2. The van der Waals surface area contributed by atoms with Gasteiger partial charge < -0.3 is 10.6 Å². The molecule has 3 heteroatoms. The van der Waals surface area contributed by atoms with Gasteiger partial charge in [-0.25, -0.2) is 0 Å². The SMILES string of the molecule is CC1(C)CCC2(CC1)NCCC21C(=O)Nc2ccccc21. The maximum atomic E-state index is 12.9. The lowest BCUT2D eigenvalue weighted by molar-refractivity contribution is -0.123. The van der Waals surface area contributed by atoms with Crippen LogP contribution < -0.4 is 10.6 Å². The van der Waals surface area contributed by atoms with E-state index in [-0.39, 0.29) is 16.9 Å². The molecule has 3 aliphatic rings. The number of benzene rings is 1. The van der Waals surface area contributed by atoms with Crippen LogP contribution in [0.1, 0.15) is 51.5 Å². The Kier molecular flexibility index (Phi) is 2.60. The van der Waals surface area contributed by atoms with Gasteiger partial charge in [-0.2, -0.15) is 0 Å². The summed E-state index contributed by atoms with van der Waals surface area (Å²) in [6, 6.07) is 8.28. The van der Waals surface area contributed by atoms with E-state index < -0.39 is 0 Å². The average molecular weight is 284 g/mol. The normalized spacial score (nSPS) is 32.4. The smallest absolute Gasteiger partial charge is 0.237 e. The lowest BCUT2D eigenvalue weighted by Crippen LogP contribution is -2.59. The Balaban J connectivity index is 1.82. The Morgan fingerprint density at radius 2 is 1.71 bits per heavy atom. The van der Waals surface area contributed by atoms with Crippen molar-refractivity contribution in [3.63, 3.8) is 0 Å². The van der Waals surface area contributed by atoms with E-state index in [0.29, 0.717) is 5.41 Å². The molecule has 3 nitrogen and oxygen atoms in total. The molecule has 2 spiro atoms. The Morgan fingerprint density at radius 3 is 2.48 bits per heavy atom. The summed E-state index contributed by atoms with van der Waals surface area (Å²) in [5, 5.41) is 6.90. The molecular formula is C18H24N2O. The molecule has 1 aromatic rings. The van der Waals surface area contributed by atoms with Gasteiger partial charge in [0.15, 0.2) is 0 Å². The van der Waals surface area contributed by atoms with Gasteiger partial charge in [0.25, 0.3) is 0 Å². The number of anilines is 1. The number of hydrogen-bond acceptors (Lipinski definition) is 2. The zero-order chi connectivity index (χ0) is 14.7. The minimum absolute atomic E-state index is 0.0425. The fourth-order valence-corrected chi connectivity index (χ4v) is 4.88. The summed E-state index contributed by atoms with van der Waals surface area (Å²) in [5.41, 5.74) is 2.26. The van der Waals surface area contributed by atoms with Crippen molar-refractivity contribution in [1.82, 2.24) is 5.32 Å². The minimum Gasteiger partial charge on any atom is -0.325 e. The van der Waals surface area contributed by atoms with Gasteiger partial charge in [0.1, 0.15) is 0 Å². The monoisotopic (exact) mass is 284 g/mol. The second-order valence-corrected chi connectivity index (χ2v) is 7.83. The second-order valence-electron chi connectivity index (χ2n) is 7.83. The van der Waals surface area contributed by atoms with Crippen LogP contribution in [0.2, 0.25) is 0 Å². The molecule has 2 fully saturated rings. The molecule has 0 radical (unpaired) electrons. The molecular weight excluding hydrogens is 260 g/mol. The summed E-state index contributed by atoms with van der Waals surface area (Å²) >= 11 is 0. The van der Waals surface area contributed by atoms with Crippen LogP contribution in [-0.2, 0) is 10.2 Å². The van der Waals surface area contributed by atoms with E-state index in [1.807, 2.05) is 12.1 Å². The zero-order valence-corrected chi connectivity index (χ0v) is 13.0. The number of rotatable bonds is 0. The van der Waals surface area contributed by atoms with E-state index in [9.17, 15) is 4.79 Å². The van der Waals surface area contributed by atoms with Crippen LogP contribution >= 0.6 is 0 Å². The number of amides is 1. The first kappa shape index (κ1) is 13.3. The summed E-state index contributed by atoms with van der Waals surface area (Å²) in [6.07, 6.45) is 5.51. The van der Waals surface area contributed by atoms with Gasteiger partial charge in [0.2, 0.25) is 5.91 Å². The first-order chi connectivity index (χ1) is 9.99. The van der Waals surface area contributed by atoms with Crippen LogP contribution in [0, 0.1) is 5.41 Å². The van der Waals surface area contributed by atoms with Gasteiger partial charge in [0, 0.05) is 11.2 Å². The largest absolute Gasteiger partial charge is 0.325 e. The number of carbonyl (C=O) groups is 1. The quantitative estimate of drug-likeness (QED) is 0.768. The van der Waals surface area contributed by atoms with Crippen LogP contribution in [0.3, 0.4) is 0 Å². The molecule has 1 aromatic carbocycles. The fraction of sp³-hybridized carbons (Fsp3) is 0.611. The van der Waals surface area contributed by atoms with Crippen molar-refractivity contribution < 1.29 is 4.79 Å². The Hall–Kier alpha value is -1.35. The standard InChI is InChI=1S/C18H24N2O/c1-16(2)7-9-17(10-8-16)18(11-12-19-17)13-5-3-4-6-14(13)20-15(18)21/h3-6,19H,7-12H2,1-2H3,(H,20,21). The molecule has 1 amide bonds. The van der Waals surface area contributed by atoms with Crippen molar-refractivity contribution in [2.75, 3.05) is 11.9 Å². The molecule has 4 rings (SSSR count). The summed E-state index contributed by atoms with van der Waals surface area (Å²) in [4.78, 5) is 12.9. The first-order valence-corrected chi connectivity index (χ1v) is 8.15. The number of fused-ring (bicyclic) bond motifs is 3. The fourth-order valence-electron chi connectivity index (χ4n) is 4.88. The van der Waals surface area contributed by atoms with Crippen LogP contribution in [0.4, 0.5) is 5.69 Å². The maximum Gasteiger partial charge on any atom is 0.237 e. The minimum atomic E-state index is -0.347. The molecule has 0 aromatic heterocycles. The van der Waals surface area contributed by atoms with E-state index in [1.165, 1.54) is 18.4 Å². The Bertz CT molecular complexity index is 597. The van der Waals surface area contributed by atoms with Crippen molar-refractivity contribution in [1.29, 1.82) is 0 Å². The molecule has 2 aliphatic heterocycles. The van der Waals surface area contributed by atoms with Gasteiger partial charge in [-0.05, 0) is 55.7 Å². The molecule has 2 heterocycles. The van der Waals surface area contributed by atoms with Crippen molar-refractivity contribution in [3.05, 3.63) is 29.8 Å². The van der Waals surface area contributed by atoms with Crippen molar-refractivity contribution >= 4 is 11.6 Å². The van der Waals surface area contributed by atoms with Crippen LogP contribution in [0.5, 0.6) is 0 Å². The number of para-hydroxylation sites is 1.